The van der Waals surface area contributed by atoms with Crippen molar-refractivity contribution < 1.29 is 22.7 Å². The summed E-state index contributed by atoms with van der Waals surface area (Å²) in [6, 6.07) is 3.97. The fourth-order valence-corrected chi connectivity index (χ4v) is 5.20. The number of furan rings is 1. The molecule has 7 nitrogen and oxygen atoms in total. The molecule has 9 heteroatoms. The van der Waals surface area contributed by atoms with Gasteiger partial charge in [0.15, 0.2) is 0 Å². The predicted molar refractivity (Wildman–Crippen MR) is 125 cm³/mol. The third kappa shape index (κ3) is 5.13. The molecule has 0 aliphatic heterocycles. The van der Waals surface area contributed by atoms with Crippen LogP contribution in [0, 0.1) is 0 Å². The van der Waals surface area contributed by atoms with Crippen molar-refractivity contribution in [2.75, 3.05) is 5.32 Å². The topological polar surface area (TPSA) is 109 Å². The third-order valence-electron chi connectivity index (χ3n) is 5.82. The third-order valence-corrected chi connectivity index (χ3v) is 7.23. The van der Waals surface area contributed by atoms with Crippen molar-refractivity contribution >= 4 is 33.3 Å². The molecule has 1 unspecified atom stereocenters. The largest absolute Gasteiger partial charge is 0.447 e. The average molecular weight is 483 g/mol. The number of benzene rings is 1. The Bertz CT molecular complexity index is 1090. The molecule has 1 aliphatic carbocycles. The van der Waals surface area contributed by atoms with Crippen LogP contribution in [0.5, 0.6) is 0 Å². The van der Waals surface area contributed by atoms with Crippen molar-refractivity contribution in [2.45, 2.75) is 82.8 Å². The zero-order chi connectivity index (χ0) is 23.8. The quantitative estimate of drug-likeness (QED) is 0.479. The summed E-state index contributed by atoms with van der Waals surface area (Å²) in [7, 11) is -4.28. The van der Waals surface area contributed by atoms with Crippen LogP contribution in [0.3, 0.4) is 0 Å². The number of carbonyl (C=O) groups excluding carboxylic acids is 1. The first-order valence-corrected chi connectivity index (χ1v) is 12.7. The summed E-state index contributed by atoms with van der Waals surface area (Å²) in [6.07, 6.45) is 2.65. The number of hydrogen-bond acceptors (Lipinski definition) is 5. The SMILES string of the molecule is CC(C)c1cc(Cl)cc(C(C)C)c1NC(=O)NS(=O)(=O)c1cc2c(o1)CCCCC2(C)O. The van der Waals surface area contributed by atoms with Crippen LogP contribution in [0.4, 0.5) is 10.5 Å². The van der Waals surface area contributed by atoms with Crippen LogP contribution in [-0.2, 0) is 22.0 Å². The number of halogens is 1. The van der Waals surface area contributed by atoms with Gasteiger partial charge in [0.2, 0.25) is 5.09 Å². The average Bonchev–Trinajstić information content (AvgIpc) is 3.06. The smallest absolute Gasteiger partial charge is 0.333 e. The van der Waals surface area contributed by atoms with E-state index in [9.17, 15) is 18.3 Å². The highest BCUT2D eigenvalue weighted by Crippen LogP contribution is 2.37. The molecule has 0 saturated heterocycles. The Kier molecular flexibility index (Phi) is 6.98. The maximum absolute atomic E-state index is 12.9. The Balaban J connectivity index is 1.89. The van der Waals surface area contributed by atoms with E-state index in [1.165, 1.54) is 6.07 Å². The molecule has 1 aromatic carbocycles. The summed E-state index contributed by atoms with van der Waals surface area (Å²) in [5.41, 5.74) is 1.46. The van der Waals surface area contributed by atoms with Gasteiger partial charge in [0.05, 0.1) is 5.60 Å². The minimum absolute atomic E-state index is 0.0565. The van der Waals surface area contributed by atoms with Gasteiger partial charge in [0, 0.05) is 28.8 Å². The number of aliphatic hydroxyl groups is 1. The molecule has 1 aliphatic rings. The number of rotatable bonds is 5. The van der Waals surface area contributed by atoms with E-state index in [-0.39, 0.29) is 16.9 Å². The van der Waals surface area contributed by atoms with Gasteiger partial charge in [-0.15, -0.1) is 0 Å². The number of hydrogen-bond donors (Lipinski definition) is 3. The normalized spacial score (nSPS) is 19.0. The lowest BCUT2D eigenvalue weighted by Gasteiger charge is -2.21. The number of nitrogens with one attached hydrogen (secondary N) is 2. The maximum atomic E-state index is 12.9. The fourth-order valence-electron chi connectivity index (χ4n) is 4.08. The number of anilines is 1. The first-order chi connectivity index (χ1) is 14.8. The monoisotopic (exact) mass is 482 g/mol. The zero-order valence-electron chi connectivity index (χ0n) is 19.1. The second-order valence-corrected chi connectivity index (χ2v) is 11.3. The Morgan fingerprint density at radius 3 is 2.28 bits per heavy atom. The lowest BCUT2D eigenvalue weighted by Crippen LogP contribution is -2.35. The first kappa shape index (κ1) is 24.6. The summed E-state index contributed by atoms with van der Waals surface area (Å²) in [6.45, 7) is 9.52. The lowest BCUT2D eigenvalue weighted by molar-refractivity contribution is 0.0468. The summed E-state index contributed by atoms with van der Waals surface area (Å²) < 4.78 is 33.3. The molecule has 1 aromatic heterocycles. The van der Waals surface area contributed by atoms with Crippen molar-refractivity contribution in [1.82, 2.24) is 4.72 Å². The molecule has 0 spiro atoms. The number of urea groups is 1. The van der Waals surface area contributed by atoms with Gasteiger partial charge < -0.3 is 14.8 Å². The van der Waals surface area contributed by atoms with Gasteiger partial charge in [-0.05, 0) is 61.3 Å². The summed E-state index contributed by atoms with van der Waals surface area (Å²) in [5.74, 6) is 0.553. The van der Waals surface area contributed by atoms with Gasteiger partial charge in [-0.2, -0.15) is 8.42 Å². The van der Waals surface area contributed by atoms with E-state index in [0.717, 1.165) is 24.0 Å². The van der Waals surface area contributed by atoms with E-state index in [1.807, 2.05) is 32.4 Å². The van der Waals surface area contributed by atoms with E-state index in [0.29, 0.717) is 34.9 Å². The maximum Gasteiger partial charge on any atom is 0.333 e. The van der Waals surface area contributed by atoms with E-state index in [2.05, 4.69) is 5.32 Å². The predicted octanol–water partition coefficient (Wildman–Crippen LogP) is 5.62. The second kappa shape index (κ2) is 9.08. The molecule has 0 radical (unpaired) electrons. The minimum Gasteiger partial charge on any atom is -0.447 e. The Morgan fingerprint density at radius 1 is 1.12 bits per heavy atom. The van der Waals surface area contributed by atoms with Crippen LogP contribution in [0.25, 0.3) is 0 Å². The molecule has 2 aromatic rings. The van der Waals surface area contributed by atoms with Crippen molar-refractivity contribution in [3.63, 3.8) is 0 Å². The van der Waals surface area contributed by atoms with Crippen molar-refractivity contribution in [1.29, 1.82) is 0 Å². The van der Waals surface area contributed by atoms with Crippen LogP contribution < -0.4 is 10.0 Å². The van der Waals surface area contributed by atoms with Gasteiger partial charge in [-0.1, -0.05) is 39.3 Å². The molecule has 1 heterocycles. The van der Waals surface area contributed by atoms with E-state index < -0.39 is 21.7 Å². The van der Waals surface area contributed by atoms with Gasteiger partial charge in [-0.3, -0.25) is 0 Å². The van der Waals surface area contributed by atoms with Crippen molar-refractivity contribution in [3.05, 3.63) is 45.7 Å². The molecule has 0 fully saturated rings. The fraction of sp³-hybridized carbons (Fsp3) is 0.522. The molecule has 0 saturated carbocycles. The first-order valence-electron chi connectivity index (χ1n) is 10.8. The number of fused-ring (bicyclic) bond motifs is 1. The molecule has 3 rings (SSSR count). The van der Waals surface area contributed by atoms with Crippen LogP contribution >= 0.6 is 11.6 Å². The molecular weight excluding hydrogens is 452 g/mol. The van der Waals surface area contributed by atoms with Crippen molar-refractivity contribution in [2.24, 2.45) is 0 Å². The molecule has 2 amide bonds. The molecule has 1 atom stereocenters. The van der Waals surface area contributed by atoms with E-state index in [4.69, 9.17) is 16.0 Å². The molecule has 176 valence electrons. The molecule has 3 N–H and O–H groups in total. The Morgan fingerprint density at radius 2 is 1.72 bits per heavy atom. The van der Waals surface area contributed by atoms with E-state index >= 15 is 0 Å². The van der Waals surface area contributed by atoms with E-state index in [1.54, 1.807) is 19.1 Å². The number of sulfonamides is 1. The second-order valence-electron chi connectivity index (χ2n) is 9.21. The van der Waals surface area contributed by atoms with Crippen LogP contribution in [0.1, 0.15) is 88.2 Å². The number of aryl methyl sites for hydroxylation is 1. The summed E-state index contributed by atoms with van der Waals surface area (Å²) >= 11 is 6.26. The van der Waals surface area contributed by atoms with Gasteiger partial charge in [0.25, 0.3) is 10.0 Å². The summed E-state index contributed by atoms with van der Waals surface area (Å²) in [4.78, 5) is 12.7. The Hall–Kier alpha value is -2.03. The van der Waals surface area contributed by atoms with Crippen molar-refractivity contribution in [3.8, 4) is 0 Å². The number of amides is 2. The highest BCUT2D eigenvalue weighted by molar-refractivity contribution is 7.89. The zero-order valence-corrected chi connectivity index (χ0v) is 20.7. The van der Waals surface area contributed by atoms with Crippen LogP contribution in [0.2, 0.25) is 5.02 Å². The molecular formula is C23H31ClN2O5S. The standard InChI is InChI=1S/C23H31ClN2O5S/c1-13(2)16-10-15(24)11-17(14(3)4)21(16)25-22(27)26-32(29,30)20-12-18-19(31-20)8-6-7-9-23(18,5)28/h10-14,28H,6-9H2,1-5H3,(H2,25,26,27). The molecule has 0 bridgehead atoms. The minimum atomic E-state index is -4.28. The van der Waals surface area contributed by atoms with Gasteiger partial charge in [0.1, 0.15) is 5.76 Å². The van der Waals surface area contributed by atoms with Gasteiger partial charge in [-0.25, -0.2) is 9.52 Å². The highest BCUT2D eigenvalue weighted by Gasteiger charge is 2.34. The molecule has 32 heavy (non-hydrogen) atoms. The van der Waals surface area contributed by atoms with Crippen LogP contribution in [0.15, 0.2) is 27.7 Å². The lowest BCUT2D eigenvalue weighted by atomic mass is 9.92. The number of carbonyl (C=O) groups is 1. The van der Waals surface area contributed by atoms with Gasteiger partial charge >= 0.3 is 6.03 Å². The summed E-state index contributed by atoms with van der Waals surface area (Å²) in [5, 5.41) is 13.6. The highest BCUT2D eigenvalue weighted by atomic mass is 35.5. The Labute approximate surface area is 194 Å². The van der Waals surface area contributed by atoms with Crippen LogP contribution in [-0.4, -0.2) is 19.6 Å².